The van der Waals surface area contributed by atoms with Crippen LogP contribution in [0.3, 0.4) is 0 Å². The first-order chi connectivity index (χ1) is 11.5. The summed E-state index contributed by atoms with van der Waals surface area (Å²) in [6, 6.07) is 7.16. The molecule has 6 nitrogen and oxygen atoms in total. The summed E-state index contributed by atoms with van der Waals surface area (Å²) >= 11 is 1.44. The Labute approximate surface area is 143 Å². The van der Waals surface area contributed by atoms with Crippen LogP contribution in [0.1, 0.15) is 39.3 Å². The molecule has 1 fully saturated rings. The molecule has 126 valence electrons. The molecule has 24 heavy (non-hydrogen) atoms. The molecule has 3 rings (SSSR count). The second kappa shape index (κ2) is 7.00. The summed E-state index contributed by atoms with van der Waals surface area (Å²) in [6.07, 6.45) is 2.92. The van der Waals surface area contributed by atoms with Gasteiger partial charge in [0.15, 0.2) is 5.13 Å². The highest BCUT2D eigenvalue weighted by Gasteiger charge is 2.22. The molecule has 2 heterocycles. The van der Waals surface area contributed by atoms with Gasteiger partial charge < -0.3 is 15.7 Å². The van der Waals surface area contributed by atoms with Gasteiger partial charge in [0.25, 0.3) is 5.91 Å². The third-order valence-corrected chi connectivity index (χ3v) is 5.23. The molecule has 3 N–H and O–H groups in total. The van der Waals surface area contributed by atoms with Crippen LogP contribution in [0.5, 0.6) is 0 Å². The van der Waals surface area contributed by atoms with Crippen molar-refractivity contribution in [1.29, 1.82) is 0 Å². The molecule has 1 aromatic heterocycles. The van der Waals surface area contributed by atoms with Crippen molar-refractivity contribution < 1.29 is 14.7 Å². The van der Waals surface area contributed by atoms with Crippen LogP contribution in [0.2, 0.25) is 0 Å². The first-order valence-corrected chi connectivity index (χ1v) is 8.73. The molecule has 0 unspecified atom stereocenters. The predicted octanol–water partition coefficient (Wildman–Crippen LogP) is 2.40. The lowest BCUT2D eigenvalue weighted by Gasteiger charge is -2.31. The lowest BCUT2D eigenvalue weighted by Crippen LogP contribution is -2.34. The van der Waals surface area contributed by atoms with E-state index in [4.69, 9.17) is 10.8 Å². The summed E-state index contributed by atoms with van der Waals surface area (Å²) < 4.78 is 0. The van der Waals surface area contributed by atoms with Crippen molar-refractivity contribution in [3.63, 3.8) is 0 Å². The molecule has 1 saturated heterocycles. The van der Waals surface area contributed by atoms with Crippen molar-refractivity contribution in [2.24, 2.45) is 11.7 Å². The molecule has 0 aliphatic carbocycles. The minimum absolute atomic E-state index is 0.322. The third-order valence-electron chi connectivity index (χ3n) is 4.33. The number of amides is 1. The molecule has 7 heteroatoms. The first-order valence-electron chi connectivity index (χ1n) is 7.85. The van der Waals surface area contributed by atoms with E-state index in [0.717, 1.165) is 43.0 Å². The monoisotopic (exact) mass is 345 g/mol. The highest BCUT2D eigenvalue weighted by Crippen LogP contribution is 2.28. The predicted molar refractivity (Wildman–Crippen MR) is 92.7 cm³/mol. The van der Waals surface area contributed by atoms with Crippen LogP contribution >= 0.6 is 11.3 Å². The maximum atomic E-state index is 11.1. The largest absolute Gasteiger partial charge is 0.478 e. The fourth-order valence-corrected chi connectivity index (χ4v) is 3.88. The van der Waals surface area contributed by atoms with Crippen molar-refractivity contribution in [2.45, 2.75) is 19.3 Å². The van der Waals surface area contributed by atoms with Gasteiger partial charge in [0, 0.05) is 18.5 Å². The van der Waals surface area contributed by atoms with Gasteiger partial charge in [0.05, 0.1) is 5.56 Å². The molecule has 0 spiro atoms. The van der Waals surface area contributed by atoms with Crippen molar-refractivity contribution >= 4 is 28.3 Å². The number of carboxylic acid groups (broad SMARTS) is 1. The van der Waals surface area contributed by atoms with Gasteiger partial charge in [-0.2, -0.15) is 0 Å². The van der Waals surface area contributed by atoms with E-state index in [0.29, 0.717) is 17.2 Å². The molecule has 1 aliphatic rings. The summed E-state index contributed by atoms with van der Waals surface area (Å²) in [5, 5.41) is 11.6. The van der Waals surface area contributed by atoms with E-state index in [2.05, 4.69) is 9.88 Å². The van der Waals surface area contributed by atoms with Gasteiger partial charge in [0.2, 0.25) is 0 Å². The number of primary amides is 1. The number of benzene rings is 1. The molecule has 0 bridgehead atoms. The van der Waals surface area contributed by atoms with Crippen LogP contribution in [0.15, 0.2) is 29.6 Å². The lowest BCUT2D eigenvalue weighted by molar-refractivity contribution is 0.0696. The number of carbonyl (C=O) groups excluding carboxylic acids is 1. The fourth-order valence-electron chi connectivity index (χ4n) is 3.02. The minimum Gasteiger partial charge on any atom is -0.478 e. The van der Waals surface area contributed by atoms with Crippen LogP contribution in [-0.4, -0.2) is 35.1 Å². The number of nitrogens with zero attached hydrogens (tertiary/aromatic N) is 2. The Balaban J connectivity index is 1.57. The molecule has 0 atom stereocenters. The van der Waals surface area contributed by atoms with E-state index in [9.17, 15) is 9.59 Å². The van der Waals surface area contributed by atoms with Crippen LogP contribution in [0, 0.1) is 5.92 Å². The van der Waals surface area contributed by atoms with E-state index < -0.39 is 11.9 Å². The summed E-state index contributed by atoms with van der Waals surface area (Å²) in [5.41, 5.74) is 6.97. The number of rotatable bonds is 5. The van der Waals surface area contributed by atoms with Crippen LogP contribution < -0.4 is 10.6 Å². The fraction of sp³-hybridized carbons (Fsp3) is 0.353. The average Bonchev–Trinajstić information content (AvgIpc) is 3.06. The molecule has 1 aromatic carbocycles. The van der Waals surface area contributed by atoms with Gasteiger partial charge in [-0.05, 0) is 42.9 Å². The van der Waals surface area contributed by atoms with E-state index in [1.165, 1.54) is 11.3 Å². The summed E-state index contributed by atoms with van der Waals surface area (Å²) in [6.45, 7) is 1.77. The number of nitrogens with two attached hydrogens (primary N) is 1. The van der Waals surface area contributed by atoms with Crippen molar-refractivity contribution in [3.05, 3.63) is 46.5 Å². The third kappa shape index (κ3) is 3.73. The molecule has 2 aromatic rings. The van der Waals surface area contributed by atoms with Crippen molar-refractivity contribution in [1.82, 2.24) is 4.98 Å². The highest BCUT2D eigenvalue weighted by molar-refractivity contribution is 7.13. The topological polar surface area (TPSA) is 96.5 Å². The second-order valence-electron chi connectivity index (χ2n) is 6.02. The maximum absolute atomic E-state index is 11.1. The Morgan fingerprint density at radius 1 is 1.33 bits per heavy atom. The molecular formula is C17H19N3O3S. The summed E-state index contributed by atoms with van der Waals surface area (Å²) in [5.74, 6) is -0.854. The van der Waals surface area contributed by atoms with Gasteiger partial charge >= 0.3 is 5.97 Å². The molecular weight excluding hydrogens is 326 g/mol. The Morgan fingerprint density at radius 3 is 2.71 bits per heavy atom. The molecule has 0 radical (unpaired) electrons. The number of hydrogen-bond acceptors (Lipinski definition) is 5. The quantitative estimate of drug-likeness (QED) is 0.867. The second-order valence-corrected chi connectivity index (χ2v) is 6.86. The Kier molecular flexibility index (Phi) is 4.80. The number of piperidine rings is 1. The van der Waals surface area contributed by atoms with Gasteiger partial charge in [-0.1, -0.05) is 12.1 Å². The van der Waals surface area contributed by atoms with Crippen molar-refractivity contribution in [3.8, 4) is 0 Å². The Morgan fingerprint density at radius 2 is 2.08 bits per heavy atom. The smallest absolute Gasteiger partial charge is 0.335 e. The summed E-state index contributed by atoms with van der Waals surface area (Å²) in [7, 11) is 0. The Hall–Kier alpha value is -2.41. The summed E-state index contributed by atoms with van der Waals surface area (Å²) in [4.78, 5) is 28.6. The minimum atomic E-state index is -0.888. The van der Waals surface area contributed by atoms with E-state index >= 15 is 0 Å². The van der Waals surface area contributed by atoms with Crippen LogP contribution in [0.4, 0.5) is 5.13 Å². The van der Waals surface area contributed by atoms with Crippen LogP contribution in [-0.2, 0) is 6.42 Å². The zero-order valence-electron chi connectivity index (χ0n) is 13.1. The number of thiazole rings is 1. The van der Waals surface area contributed by atoms with Gasteiger partial charge in [-0.25, -0.2) is 9.78 Å². The zero-order valence-corrected chi connectivity index (χ0v) is 14.0. The molecule has 1 aliphatic heterocycles. The number of aromatic carboxylic acids is 1. The van der Waals surface area contributed by atoms with E-state index in [1.807, 2.05) is 6.07 Å². The number of hydrogen-bond donors (Lipinski definition) is 2. The van der Waals surface area contributed by atoms with Crippen molar-refractivity contribution in [2.75, 3.05) is 18.0 Å². The molecule has 1 amide bonds. The SMILES string of the molecule is NC(=O)c1csc(N2CCC(Cc3cccc(C(=O)O)c3)CC2)n1. The first kappa shape index (κ1) is 16.4. The van der Waals surface area contributed by atoms with Crippen LogP contribution in [0.25, 0.3) is 0 Å². The normalized spacial score (nSPS) is 15.4. The number of carbonyl (C=O) groups is 2. The molecule has 0 saturated carbocycles. The maximum Gasteiger partial charge on any atom is 0.335 e. The highest BCUT2D eigenvalue weighted by atomic mass is 32.1. The standard InChI is InChI=1S/C17H19N3O3S/c18-15(21)14-10-24-17(19-14)20-6-4-11(5-7-20)8-12-2-1-3-13(9-12)16(22)23/h1-3,9-11H,4-8H2,(H2,18,21)(H,22,23). The zero-order chi connectivity index (χ0) is 17.1. The van der Waals surface area contributed by atoms with Gasteiger partial charge in [-0.3, -0.25) is 4.79 Å². The number of carboxylic acids is 1. The van der Waals surface area contributed by atoms with Gasteiger partial charge in [0.1, 0.15) is 5.69 Å². The van der Waals surface area contributed by atoms with E-state index in [-0.39, 0.29) is 0 Å². The average molecular weight is 345 g/mol. The number of aromatic nitrogens is 1. The Bertz CT molecular complexity index is 751. The van der Waals surface area contributed by atoms with E-state index in [1.54, 1.807) is 23.6 Å². The number of anilines is 1. The van der Waals surface area contributed by atoms with Gasteiger partial charge in [-0.15, -0.1) is 11.3 Å². The lowest BCUT2D eigenvalue weighted by atomic mass is 9.90.